The van der Waals surface area contributed by atoms with Gasteiger partial charge in [0, 0.05) is 18.0 Å². The molecule has 0 saturated carbocycles. The van der Waals surface area contributed by atoms with Gasteiger partial charge in [-0.1, -0.05) is 13.0 Å². The van der Waals surface area contributed by atoms with Crippen LogP contribution in [-0.2, 0) is 11.3 Å². The highest BCUT2D eigenvalue weighted by Gasteiger charge is 2.25. The number of piperidine rings is 1. The van der Waals surface area contributed by atoms with Crippen molar-refractivity contribution in [3.63, 3.8) is 0 Å². The van der Waals surface area contributed by atoms with E-state index in [1.807, 2.05) is 13.0 Å². The SMILES string of the molecule is CCNC(=NCC(=O)NCc1ccco1)NCC(c1cccs1)N1CCC(C)CC1. The second-order valence-corrected chi connectivity index (χ2v) is 8.66. The van der Waals surface area contributed by atoms with Gasteiger partial charge in [0.2, 0.25) is 5.91 Å². The quantitative estimate of drug-likeness (QED) is 0.420. The number of likely N-dealkylation sites (tertiary alicyclic amines) is 1. The summed E-state index contributed by atoms with van der Waals surface area (Å²) in [6, 6.07) is 8.28. The summed E-state index contributed by atoms with van der Waals surface area (Å²) in [5.41, 5.74) is 0. The molecule has 0 aliphatic carbocycles. The maximum absolute atomic E-state index is 12.1. The summed E-state index contributed by atoms with van der Waals surface area (Å²) in [6.45, 7) is 8.54. The largest absolute Gasteiger partial charge is 0.467 e. The molecule has 164 valence electrons. The minimum absolute atomic E-state index is 0.0704. The molecule has 3 heterocycles. The van der Waals surface area contributed by atoms with Crippen LogP contribution in [0.25, 0.3) is 0 Å². The summed E-state index contributed by atoms with van der Waals surface area (Å²) in [4.78, 5) is 20.5. The van der Waals surface area contributed by atoms with E-state index in [-0.39, 0.29) is 12.5 Å². The monoisotopic (exact) mass is 431 g/mol. The van der Waals surface area contributed by atoms with Gasteiger partial charge < -0.3 is 20.4 Å². The fourth-order valence-corrected chi connectivity index (χ4v) is 4.43. The number of rotatable bonds is 9. The lowest BCUT2D eigenvalue weighted by Gasteiger charge is -2.36. The summed E-state index contributed by atoms with van der Waals surface area (Å²) < 4.78 is 5.23. The Morgan fingerprint density at radius 1 is 1.27 bits per heavy atom. The zero-order valence-corrected chi connectivity index (χ0v) is 18.7. The first-order chi connectivity index (χ1) is 14.7. The Balaban J connectivity index is 1.55. The van der Waals surface area contributed by atoms with Crippen molar-refractivity contribution in [1.82, 2.24) is 20.9 Å². The molecule has 30 heavy (non-hydrogen) atoms. The minimum Gasteiger partial charge on any atom is -0.467 e. The Morgan fingerprint density at radius 3 is 2.77 bits per heavy atom. The van der Waals surface area contributed by atoms with Crippen LogP contribution >= 0.6 is 11.3 Å². The van der Waals surface area contributed by atoms with Gasteiger partial charge in [-0.3, -0.25) is 9.69 Å². The normalized spacial score (nSPS) is 16.9. The van der Waals surface area contributed by atoms with Gasteiger partial charge in [-0.25, -0.2) is 4.99 Å². The lowest BCUT2D eigenvalue weighted by Crippen LogP contribution is -2.45. The molecule has 1 fully saturated rings. The highest BCUT2D eigenvalue weighted by atomic mass is 32.1. The number of hydrogen-bond donors (Lipinski definition) is 3. The number of hydrogen-bond acceptors (Lipinski definition) is 5. The van der Waals surface area contributed by atoms with E-state index >= 15 is 0 Å². The fraction of sp³-hybridized carbons (Fsp3) is 0.545. The molecule has 1 unspecified atom stereocenters. The third-order valence-corrected chi connectivity index (χ3v) is 6.33. The van der Waals surface area contributed by atoms with Gasteiger partial charge in [0.25, 0.3) is 0 Å². The van der Waals surface area contributed by atoms with E-state index in [2.05, 4.69) is 50.3 Å². The highest BCUT2D eigenvalue weighted by molar-refractivity contribution is 7.10. The maximum atomic E-state index is 12.1. The molecular formula is C22H33N5O2S. The van der Waals surface area contributed by atoms with Crippen LogP contribution in [0.5, 0.6) is 0 Å². The van der Waals surface area contributed by atoms with Crippen molar-refractivity contribution in [2.45, 2.75) is 39.3 Å². The molecule has 2 aromatic rings. The van der Waals surface area contributed by atoms with Crippen LogP contribution in [0.3, 0.4) is 0 Å². The Morgan fingerprint density at radius 2 is 2.10 bits per heavy atom. The van der Waals surface area contributed by atoms with Gasteiger partial charge in [0.1, 0.15) is 12.3 Å². The van der Waals surface area contributed by atoms with E-state index in [0.717, 1.165) is 37.9 Å². The minimum atomic E-state index is -0.136. The molecule has 3 rings (SSSR count). The molecule has 8 heteroatoms. The van der Waals surface area contributed by atoms with Crippen molar-refractivity contribution in [2.24, 2.45) is 10.9 Å². The number of thiophene rings is 1. The number of guanidine groups is 1. The first-order valence-electron chi connectivity index (χ1n) is 10.7. The molecule has 1 amide bonds. The Hall–Kier alpha value is -2.32. The van der Waals surface area contributed by atoms with E-state index in [9.17, 15) is 4.79 Å². The molecule has 1 aliphatic heterocycles. The number of furan rings is 1. The molecule has 1 saturated heterocycles. The van der Waals surface area contributed by atoms with Gasteiger partial charge >= 0.3 is 0 Å². The van der Waals surface area contributed by atoms with E-state index < -0.39 is 0 Å². The van der Waals surface area contributed by atoms with Crippen LogP contribution in [0.1, 0.15) is 43.4 Å². The predicted molar refractivity (Wildman–Crippen MR) is 122 cm³/mol. The average molecular weight is 432 g/mol. The molecule has 1 aliphatic rings. The third kappa shape index (κ3) is 6.88. The first kappa shape index (κ1) is 22.4. The zero-order valence-electron chi connectivity index (χ0n) is 17.9. The van der Waals surface area contributed by atoms with Crippen LogP contribution < -0.4 is 16.0 Å². The van der Waals surface area contributed by atoms with E-state index in [0.29, 0.717) is 18.5 Å². The molecule has 7 nitrogen and oxygen atoms in total. The number of amides is 1. The van der Waals surface area contributed by atoms with Crippen LogP contribution in [0, 0.1) is 5.92 Å². The Bertz CT molecular complexity index is 768. The second kappa shape index (κ2) is 11.8. The van der Waals surface area contributed by atoms with Gasteiger partial charge in [-0.15, -0.1) is 11.3 Å². The van der Waals surface area contributed by atoms with Crippen molar-refractivity contribution >= 4 is 23.2 Å². The zero-order chi connectivity index (χ0) is 21.2. The summed E-state index contributed by atoms with van der Waals surface area (Å²) in [5, 5.41) is 11.7. The van der Waals surface area contributed by atoms with Crippen LogP contribution in [-0.4, -0.2) is 49.5 Å². The van der Waals surface area contributed by atoms with Gasteiger partial charge in [0.15, 0.2) is 5.96 Å². The number of nitrogens with zero attached hydrogens (tertiary/aromatic N) is 2. The fourth-order valence-electron chi connectivity index (χ4n) is 3.57. The lowest BCUT2D eigenvalue weighted by atomic mass is 9.97. The highest BCUT2D eigenvalue weighted by Crippen LogP contribution is 2.29. The molecule has 0 spiro atoms. The molecule has 0 bridgehead atoms. The Kier molecular flexibility index (Phi) is 8.77. The third-order valence-electron chi connectivity index (χ3n) is 5.36. The first-order valence-corrected chi connectivity index (χ1v) is 11.6. The van der Waals surface area contributed by atoms with Gasteiger partial charge in [0.05, 0.1) is 18.8 Å². The molecule has 1 atom stereocenters. The molecular weight excluding hydrogens is 398 g/mol. The molecule has 0 aromatic carbocycles. The maximum Gasteiger partial charge on any atom is 0.242 e. The van der Waals surface area contributed by atoms with Crippen molar-refractivity contribution in [2.75, 3.05) is 32.7 Å². The summed E-state index contributed by atoms with van der Waals surface area (Å²) in [6.07, 6.45) is 4.08. The number of aliphatic imine (C=N–C) groups is 1. The van der Waals surface area contributed by atoms with Gasteiger partial charge in [-0.2, -0.15) is 0 Å². The van der Waals surface area contributed by atoms with Crippen molar-refractivity contribution < 1.29 is 9.21 Å². The van der Waals surface area contributed by atoms with Crippen molar-refractivity contribution in [3.8, 4) is 0 Å². The van der Waals surface area contributed by atoms with E-state index in [4.69, 9.17) is 4.42 Å². The molecule has 0 radical (unpaired) electrons. The summed E-state index contributed by atoms with van der Waals surface area (Å²) >= 11 is 1.80. The smallest absolute Gasteiger partial charge is 0.242 e. The van der Waals surface area contributed by atoms with Crippen LogP contribution in [0.4, 0.5) is 0 Å². The standard InChI is InChI=1S/C22H33N5O2S/c1-3-23-22(26-16-21(28)24-14-18-6-4-12-29-18)25-15-19(20-7-5-13-30-20)27-10-8-17(2)9-11-27/h4-7,12-13,17,19H,3,8-11,14-16H2,1-2H3,(H,24,28)(H2,23,25,26). The predicted octanol–water partition coefficient (Wildman–Crippen LogP) is 2.99. The van der Waals surface area contributed by atoms with Crippen molar-refractivity contribution in [1.29, 1.82) is 0 Å². The van der Waals surface area contributed by atoms with Crippen molar-refractivity contribution in [3.05, 3.63) is 46.5 Å². The average Bonchev–Trinajstić information content (AvgIpc) is 3.46. The molecule has 2 aromatic heterocycles. The van der Waals surface area contributed by atoms with E-state index in [1.165, 1.54) is 17.7 Å². The summed E-state index contributed by atoms with van der Waals surface area (Å²) in [5.74, 6) is 2.06. The molecule has 3 N–H and O–H groups in total. The van der Waals surface area contributed by atoms with Crippen LogP contribution in [0.2, 0.25) is 0 Å². The Labute approximate surface area is 182 Å². The number of carbonyl (C=O) groups is 1. The topological polar surface area (TPSA) is 81.9 Å². The summed E-state index contributed by atoms with van der Waals surface area (Å²) in [7, 11) is 0. The lowest BCUT2D eigenvalue weighted by molar-refractivity contribution is -0.119. The second-order valence-electron chi connectivity index (χ2n) is 7.68. The number of carbonyl (C=O) groups excluding carboxylic acids is 1. The van der Waals surface area contributed by atoms with Crippen LogP contribution in [0.15, 0.2) is 45.3 Å². The van der Waals surface area contributed by atoms with E-state index in [1.54, 1.807) is 23.7 Å². The van der Waals surface area contributed by atoms with Gasteiger partial charge in [-0.05, 0) is 62.4 Å². The number of nitrogens with one attached hydrogen (secondary N) is 3.